The zero-order valence-electron chi connectivity index (χ0n) is 18.5. The van der Waals surface area contributed by atoms with Crippen LogP contribution in [0.15, 0.2) is 110 Å². The van der Waals surface area contributed by atoms with E-state index in [-0.39, 0.29) is 5.91 Å². The average molecular weight is 457 g/mol. The Morgan fingerprint density at radius 1 is 0.829 bits per heavy atom. The molecule has 0 spiro atoms. The van der Waals surface area contributed by atoms with Crippen LogP contribution in [0.5, 0.6) is 0 Å². The number of fused-ring (bicyclic) bond motifs is 1. The Morgan fingerprint density at radius 3 is 2.46 bits per heavy atom. The van der Waals surface area contributed by atoms with Crippen LogP contribution in [0.4, 0.5) is 5.69 Å². The molecule has 35 heavy (non-hydrogen) atoms. The molecular formula is C27H19N7O. The molecule has 1 amide bonds. The zero-order valence-corrected chi connectivity index (χ0v) is 18.5. The van der Waals surface area contributed by atoms with Crippen LogP contribution in [0.25, 0.3) is 34.0 Å². The second-order valence-electron chi connectivity index (χ2n) is 7.90. The van der Waals surface area contributed by atoms with Gasteiger partial charge in [0.2, 0.25) is 5.78 Å². The molecule has 0 aliphatic heterocycles. The summed E-state index contributed by atoms with van der Waals surface area (Å²) in [5.41, 5.74) is 5.06. The van der Waals surface area contributed by atoms with Crippen molar-refractivity contribution in [3.8, 4) is 28.2 Å². The Morgan fingerprint density at radius 2 is 1.69 bits per heavy atom. The summed E-state index contributed by atoms with van der Waals surface area (Å²) in [5, 5.41) is 7.68. The van der Waals surface area contributed by atoms with Crippen molar-refractivity contribution in [3.63, 3.8) is 0 Å². The van der Waals surface area contributed by atoms with Gasteiger partial charge in [-0.15, -0.1) is 0 Å². The van der Waals surface area contributed by atoms with Crippen molar-refractivity contribution in [1.82, 2.24) is 29.1 Å². The van der Waals surface area contributed by atoms with E-state index in [4.69, 9.17) is 0 Å². The third-order valence-electron chi connectivity index (χ3n) is 5.59. The van der Waals surface area contributed by atoms with Gasteiger partial charge in [-0.1, -0.05) is 30.3 Å². The van der Waals surface area contributed by atoms with Gasteiger partial charge < -0.3 is 5.32 Å². The molecule has 0 bridgehead atoms. The van der Waals surface area contributed by atoms with E-state index in [9.17, 15) is 4.79 Å². The maximum absolute atomic E-state index is 13.3. The van der Waals surface area contributed by atoms with E-state index in [1.165, 1.54) is 0 Å². The van der Waals surface area contributed by atoms with E-state index in [1.807, 2.05) is 89.6 Å². The maximum atomic E-state index is 13.3. The third kappa shape index (κ3) is 4.04. The number of imidazole rings is 1. The molecule has 0 saturated carbocycles. The highest BCUT2D eigenvalue weighted by Gasteiger charge is 2.19. The molecule has 0 aliphatic rings. The maximum Gasteiger partial charge on any atom is 0.259 e. The minimum absolute atomic E-state index is 0.254. The van der Waals surface area contributed by atoms with E-state index >= 15 is 0 Å². The van der Waals surface area contributed by atoms with Gasteiger partial charge in [0.15, 0.2) is 0 Å². The normalized spacial score (nSPS) is 11.0. The lowest BCUT2D eigenvalue weighted by Crippen LogP contribution is -2.12. The quantitative estimate of drug-likeness (QED) is 0.398. The number of nitrogens with one attached hydrogen (secondary N) is 1. The fourth-order valence-electron chi connectivity index (χ4n) is 3.86. The molecule has 4 heterocycles. The van der Waals surface area contributed by atoms with Crippen LogP contribution in [-0.2, 0) is 0 Å². The number of benzene rings is 2. The molecule has 0 aliphatic carbocycles. The first-order valence-electron chi connectivity index (χ1n) is 11.0. The molecule has 2 aromatic carbocycles. The van der Waals surface area contributed by atoms with Crippen LogP contribution in [0.3, 0.4) is 0 Å². The number of carbonyl (C=O) groups is 1. The predicted octanol–water partition coefficient (Wildman–Crippen LogP) is 4.90. The molecule has 8 nitrogen and oxygen atoms in total. The topological polar surface area (TPSA) is 90.0 Å². The van der Waals surface area contributed by atoms with Crippen molar-refractivity contribution < 1.29 is 4.79 Å². The van der Waals surface area contributed by atoms with E-state index in [2.05, 4.69) is 25.4 Å². The minimum atomic E-state index is -0.254. The predicted molar refractivity (Wildman–Crippen MR) is 133 cm³/mol. The zero-order chi connectivity index (χ0) is 23.6. The van der Waals surface area contributed by atoms with Crippen LogP contribution in [0.2, 0.25) is 0 Å². The van der Waals surface area contributed by atoms with Crippen LogP contribution in [-0.4, -0.2) is 35.0 Å². The Balaban J connectivity index is 1.29. The Labute approximate surface area is 200 Å². The van der Waals surface area contributed by atoms with E-state index in [1.54, 1.807) is 29.5 Å². The summed E-state index contributed by atoms with van der Waals surface area (Å²) in [6.45, 7) is 0. The number of aromatic nitrogens is 6. The molecule has 4 aromatic heterocycles. The van der Waals surface area contributed by atoms with Crippen molar-refractivity contribution in [2.75, 3.05) is 5.32 Å². The number of para-hydroxylation sites is 1. The first-order chi connectivity index (χ1) is 17.2. The first-order valence-corrected chi connectivity index (χ1v) is 11.0. The minimum Gasteiger partial charge on any atom is -0.322 e. The Kier molecular flexibility index (Phi) is 5.08. The highest BCUT2D eigenvalue weighted by atomic mass is 16.1. The van der Waals surface area contributed by atoms with Gasteiger partial charge in [0, 0.05) is 54.0 Å². The fourth-order valence-corrected chi connectivity index (χ4v) is 3.86. The van der Waals surface area contributed by atoms with Crippen LogP contribution in [0.1, 0.15) is 10.4 Å². The van der Waals surface area contributed by atoms with Crippen LogP contribution < -0.4 is 5.32 Å². The highest BCUT2D eigenvalue weighted by Crippen LogP contribution is 2.25. The lowest BCUT2D eigenvalue weighted by Gasteiger charge is -2.06. The lowest BCUT2D eigenvalue weighted by atomic mass is 10.1. The van der Waals surface area contributed by atoms with Gasteiger partial charge in [0.1, 0.15) is 5.69 Å². The van der Waals surface area contributed by atoms with E-state index in [0.29, 0.717) is 22.7 Å². The fraction of sp³-hybridized carbons (Fsp3) is 0. The molecule has 6 aromatic rings. The van der Waals surface area contributed by atoms with Gasteiger partial charge in [0.25, 0.3) is 5.91 Å². The summed E-state index contributed by atoms with van der Waals surface area (Å²) >= 11 is 0. The largest absolute Gasteiger partial charge is 0.322 e. The summed E-state index contributed by atoms with van der Waals surface area (Å²) in [5.74, 6) is 0.383. The van der Waals surface area contributed by atoms with E-state index in [0.717, 1.165) is 22.5 Å². The smallest absolute Gasteiger partial charge is 0.259 e. The van der Waals surface area contributed by atoms with Crippen LogP contribution >= 0.6 is 0 Å². The standard InChI is InChI=1S/C27H19N7O/c35-26(30-21-11-9-19(10-12-21)24-18-33-15-5-14-29-27(33)31-24)23-17-34(22-7-2-1-3-8-22)32-25(23)20-6-4-13-28-16-20/h1-18H,(H,30,35). The van der Waals surface area contributed by atoms with Crippen molar-refractivity contribution in [2.24, 2.45) is 0 Å². The third-order valence-corrected chi connectivity index (χ3v) is 5.59. The van der Waals surface area contributed by atoms with Crippen LogP contribution in [0, 0.1) is 0 Å². The molecule has 0 radical (unpaired) electrons. The monoisotopic (exact) mass is 457 g/mol. The second-order valence-corrected chi connectivity index (χ2v) is 7.90. The van der Waals surface area contributed by atoms with Crippen molar-refractivity contribution >= 4 is 17.4 Å². The molecule has 168 valence electrons. The van der Waals surface area contributed by atoms with Gasteiger partial charge in [-0.2, -0.15) is 5.10 Å². The molecule has 6 rings (SSSR count). The van der Waals surface area contributed by atoms with Crippen molar-refractivity contribution in [1.29, 1.82) is 0 Å². The molecule has 8 heteroatoms. The molecule has 0 saturated heterocycles. The summed E-state index contributed by atoms with van der Waals surface area (Å²) in [7, 11) is 0. The first kappa shape index (κ1) is 20.5. The van der Waals surface area contributed by atoms with Crippen molar-refractivity contribution in [2.45, 2.75) is 0 Å². The molecule has 0 atom stereocenters. The number of hydrogen-bond donors (Lipinski definition) is 1. The Bertz CT molecular complexity index is 1590. The number of pyridine rings is 1. The summed E-state index contributed by atoms with van der Waals surface area (Å²) < 4.78 is 3.58. The molecular weight excluding hydrogens is 438 g/mol. The second kappa shape index (κ2) is 8.68. The van der Waals surface area contributed by atoms with Gasteiger partial charge >= 0.3 is 0 Å². The summed E-state index contributed by atoms with van der Waals surface area (Å²) in [4.78, 5) is 26.3. The van der Waals surface area contributed by atoms with Gasteiger partial charge in [0.05, 0.1) is 16.9 Å². The number of carbonyl (C=O) groups excluding carboxylic acids is 1. The van der Waals surface area contributed by atoms with Gasteiger partial charge in [-0.3, -0.25) is 14.2 Å². The SMILES string of the molecule is O=C(Nc1ccc(-c2cn3cccnc3n2)cc1)c1cn(-c2ccccc2)nc1-c1cccnc1. The average Bonchev–Trinajstić information content (AvgIpc) is 3.55. The number of anilines is 1. The van der Waals surface area contributed by atoms with Gasteiger partial charge in [-0.05, 0) is 42.5 Å². The summed E-state index contributed by atoms with van der Waals surface area (Å²) in [6.07, 6.45) is 10.7. The number of amides is 1. The van der Waals surface area contributed by atoms with Gasteiger partial charge in [-0.25, -0.2) is 14.6 Å². The number of nitrogens with zero attached hydrogens (tertiary/aromatic N) is 6. The molecule has 0 fully saturated rings. The van der Waals surface area contributed by atoms with E-state index < -0.39 is 0 Å². The number of rotatable bonds is 5. The highest BCUT2D eigenvalue weighted by molar-refractivity contribution is 6.08. The Hall–Kier alpha value is -5.11. The lowest BCUT2D eigenvalue weighted by molar-refractivity contribution is 0.102. The molecule has 0 unspecified atom stereocenters. The molecule has 1 N–H and O–H groups in total. The van der Waals surface area contributed by atoms with Crippen molar-refractivity contribution in [3.05, 3.63) is 116 Å². The number of hydrogen-bond acceptors (Lipinski definition) is 5. The summed E-state index contributed by atoms with van der Waals surface area (Å²) in [6, 6.07) is 22.8.